The fraction of sp³-hybridized carbons (Fsp3) is 0.250. The van der Waals surface area contributed by atoms with E-state index in [0.717, 1.165) is 21.1 Å². The number of halogens is 2. The number of hydrogen-bond donors (Lipinski definition) is 1. The van der Waals surface area contributed by atoms with Crippen molar-refractivity contribution in [2.45, 2.75) is 19.3 Å². The van der Waals surface area contributed by atoms with Gasteiger partial charge < -0.3 is 14.9 Å². The number of nitrogens with one attached hydrogen (secondary N) is 1. The standard InChI is InChI=1S/C12H11BrClNO2/c1-6(4-11(16)17)10-5-7-9(15-10)3-2-8(13)12(7)14/h2-3,5-6,15H,4H2,1H3,(H,16,17)/p-1. The fourth-order valence-corrected chi connectivity index (χ4v) is 2.35. The second-order valence-corrected chi connectivity index (χ2v) is 5.26. The number of aromatic nitrogens is 1. The molecule has 1 heterocycles. The molecule has 2 aromatic rings. The molecular weight excluding hydrogens is 305 g/mol. The van der Waals surface area contributed by atoms with Gasteiger partial charge in [0, 0.05) is 33.0 Å². The minimum Gasteiger partial charge on any atom is -0.550 e. The van der Waals surface area contributed by atoms with Crippen molar-refractivity contribution < 1.29 is 9.90 Å². The summed E-state index contributed by atoms with van der Waals surface area (Å²) in [5, 5.41) is 12.1. The van der Waals surface area contributed by atoms with Gasteiger partial charge in [0.2, 0.25) is 0 Å². The van der Waals surface area contributed by atoms with E-state index in [4.69, 9.17) is 11.6 Å². The van der Waals surface area contributed by atoms with Crippen molar-refractivity contribution in [2.24, 2.45) is 0 Å². The van der Waals surface area contributed by atoms with Gasteiger partial charge in [-0.15, -0.1) is 0 Å². The number of H-pyrrole nitrogens is 1. The summed E-state index contributed by atoms with van der Waals surface area (Å²) in [6, 6.07) is 5.64. The summed E-state index contributed by atoms with van der Waals surface area (Å²) >= 11 is 9.51. The predicted octanol–water partition coefficient (Wildman–Crippen LogP) is 2.83. The maximum Gasteiger partial charge on any atom is 0.0641 e. The number of aromatic amines is 1. The van der Waals surface area contributed by atoms with Gasteiger partial charge >= 0.3 is 0 Å². The van der Waals surface area contributed by atoms with Gasteiger partial charge in [-0.25, -0.2) is 0 Å². The van der Waals surface area contributed by atoms with E-state index in [0.29, 0.717) is 5.02 Å². The van der Waals surface area contributed by atoms with Gasteiger partial charge in [-0.2, -0.15) is 0 Å². The number of carboxylic acids is 1. The minimum atomic E-state index is -1.05. The molecule has 1 aromatic carbocycles. The summed E-state index contributed by atoms with van der Waals surface area (Å²) in [5.74, 6) is -1.18. The summed E-state index contributed by atoms with van der Waals surface area (Å²) in [6.07, 6.45) is -0.00832. The molecule has 1 unspecified atom stereocenters. The van der Waals surface area contributed by atoms with E-state index in [9.17, 15) is 9.90 Å². The zero-order valence-electron chi connectivity index (χ0n) is 9.09. The van der Waals surface area contributed by atoms with Crippen molar-refractivity contribution in [3.05, 3.63) is 33.4 Å². The molecule has 0 saturated heterocycles. The first-order valence-corrected chi connectivity index (χ1v) is 6.32. The molecule has 0 radical (unpaired) electrons. The smallest absolute Gasteiger partial charge is 0.0641 e. The zero-order valence-corrected chi connectivity index (χ0v) is 11.4. The maximum absolute atomic E-state index is 10.6. The van der Waals surface area contributed by atoms with E-state index in [-0.39, 0.29) is 12.3 Å². The third-order valence-corrected chi connectivity index (χ3v) is 4.01. The number of carboxylic acid groups (broad SMARTS) is 1. The van der Waals surface area contributed by atoms with Crippen molar-refractivity contribution in [1.82, 2.24) is 4.98 Å². The van der Waals surface area contributed by atoms with Crippen LogP contribution < -0.4 is 5.11 Å². The largest absolute Gasteiger partial charge is 0.550 e. The van der Waals surface area contributed by atoms with Gasteiger partial charge in [-0.05, 0) is 40.5 Å². The lowest BCUT2D eigenvalue weighted by atomic mass is 10.0. The van der Waals surface area contributed by atoms with Gasteiger partial charge in [0.1, 0.15) is 0 Å². The molecule has 0 aliphatic rings. The number of benzene rings is 1. The van der Waals surface area contributed by atoms with Crippen LogP contribution in [0.3, 0.4) is 0 Å². The Morgan fingerprint density at radius 2 is 2.29 bits per heavy atom. The average molecular weight is 316 g/mol. The molecule has 0 aliphatic carbocycles. The van der Waals surface area contributed by atoms with Crippen LogP contribution in [0.25, 0.3) is 10.9 Å². The lowest BCUT2D eigenvalue weighted by Gasteiger charge is -2.09. The SMILES string of the molecule is CC(CC(=O)[O-])c1cc2c(Cl)c(Br)ccc2[nH]1. The van der Waals surface area contributed by atoms with Crippen LogP contribution in [-0.2, 0) is 4.79 Å². The average Bonchev–Trinajstić information content (AvgIpc) is 2.67. The van der Waals surface area contributed by atoms with Crippen LogP contribution in [0.4, 0.5) is 0 Å². The van der Waals surface area contributed by atoms with Crippen LogP contribution in [0, 0.1) is 0 Å². The van der Waals surface area contributed by atoms with Crippen LogP contribution in [0.5, 0.6) is 0 Å². The van der Waals surface area contributed by atoms with Crippen LogP contribution in [0.15, 0.2) is 22.7 Å². The fourth-order valence-electron chi connectivity index (χ4n) is 1.79. The molecule has 1 N–H and O–H groups in total. The van der Waals surface area contributed by atoms with E-state index in [2.05, 4.69) is 20.9 Å². The first kappa shape index (κ1) is 12.5. The van der Waals surface area contributed by atoms with Gasteiger partial charge in [0.05, 0.1) is 5.02 Å². The molecular formula is C12H10BrClNO2-. The molecule has 3 nitrogen and oxygen atoms in total. The topological polar surface area (TPSA) is 55.9 Å². The number of fused-ring (bicyclic) bond motifs is 1. The molecule has 0 fully saturated rings. The third kappa shape index (κ3) is 2.48. The number of carbonyl (C=O) groups is 1. The van der Waals surface area contributed by atoms with E-state index >= 15 is 0 Å². The van der Waals surface area contributed by atoms with Crippen molar-refractivity contribution in [1.29, 1.82) is 0 Å². The highest BCUT2D eigenvalue weighted by Crippen LogP contribution is 2.33. The molecule has 0 bridgehead atoms. The molecule has 90 valence electrons. The summed E-state index contributed by atoms with van der Waals surface area (Å²) in [4.78, 5) is 13.7. The summed E-state index contributed by atoms with van der Waals surface area (Å²) < 4.78 is 0.824. The van der Waals surface area contributed by atoms with Gasteiger partial charge in [0.25, 0.3) is 0 Å². The Bertz CT molecular complexity index is 579. The highest BCUT2D eigenvalue weighted by molar-refractivity contribution is 9.10. The summed E-state index contributed by atoms with van der Waals surface area (Å²) in [5.41, 5.74) is 1.75. The van der Waals surface area contributed by atoms with Crippen LogP contribution in [-0.4, -0.2) is 11.0 Å². The van der Waals surface area contributed by atoms with Crippen molar-refractivity contribution in [3.63, 3.8) is 0 Å². The second-order valence-electron chi connectivity index (χ2n) is 4.02. The Kier molecular flexibility index (Phi) is 3.45. The first-order valence-electron chi connectivity index (χ1n) is 5.15. The monoisotopic (exact) mass is 314 g/mol. The second kappa shape index (κ2) is 4.70. The number of carbonyl (C=O) groups excluding carboxylic acids is 1. The lowest BCUT2D eigenvalue weighted by Crippen LogP contribution is -2.23. The van der Waals surface area contributed by atoms with Gasteiger partial charge in [-0.1, -0.05) is 18.5 Å². The Hall–Kier alpha value is -1.00. The van der Waals surface area contributed by atoms with Crippen molar-refractivity contribution in [3.8, 4) is 0 Å². The Morgan fingerprint density at radius 1 is 1.59 bits per heavy atom. The Morgan fingerprint density at radius 3 is 2.94 bits per heavy atom. The lowest BCUT2D eigenvalue weighted by molar-refractivity contribution is -0.306. The first-order chi connectivity index (χ1) is 7.99. The minimum absolute atomic E-state index is 0.00832. The highest BCUT2D eigenvalue weighted by Gasteiger charge is 2.12. The van der Waals surface area contributed by atoms with E-state index in [1.165, 1.54) is 0 Å². The molecule has 0 amide bonds. The van der Waals surface area contributed by atoms with Crippen LogP contribution in [0.1, 0.15) is 25.0 Å². The zero-order chi connectivity index (χ0) is 12.6. The highest BCUT2D eigenvalue weighted by atomic mass is 79.9. The molecule has 17 heavy (non-hydrogen) atoms. The molecule has 0 aliphatic heterocycles. The molecule has 1 atom stereocenters. The number of rotatable bonds is 3. The third-order valence-electron chi connectivity index (χ3n) is 2.72. The van der Waals surface area contributed by atoms with E-state index < -0.39 is 5.97 Å². The maximum atomic E-state index is 10.6. The van der Waals surface area contributed by atoms with Crippen molar-refractivity contribution >= 4 is 44.4 Å². The predicted molar refractivity (Wildman–Crippen MR) is 69.0 cm³/mol. The van der Waals surface area contributed by atoms with Crippen LogP contribution in [0.2, 0.25) is 5.02 Å². The summed E-state index contributed by atoms with van der Waals surface area (Å²) in [7, 11) is 0. The number of aliphatic carboxylic acids is 1. The van der Waals surface area contributed by atoms with Gasteiger partial charge in [0.15, 0.2) is 0 Å². The normalized spacial score (nSPS) is 12.9. The quantitative estimate of drug-likeness (QED) is 0.947. The van der Waals surface area contributed by atoms with Crippen LogP contribution >= 0.6 is 27.5 Å². The molecule has 0 spiro atoms. The Labute approximate surface area is 112 Å². The molecule has 5 heteroatoms. The molecule has 2 rings (SSSR count). The van der Waals surface area contributed by atoms with E-state index in [1.807, 2.05) is 25.1 Å². The van der Waals surface area contributed by atoms with E-state index in [1.54, 1.807) is 0 Å². The Balaban J connectivity index is 2.44. The molecule has 1 aromatic heterocycles. The molecule has 0 saturated carbocycles. The van der Waals surface area contributed by atoms with Gasteiger partial charge in [-0.3, -0.25) is 0 Å². The summed E-state index contributed by atoms with van der Waals surface area (Å²) in [6.45, 7) is 1.84. The van der Waals surface area contributed by atoms with Crippen molar-refractivity contribution in [2.75, 3.05) is 0 Å². The number of hydrogen-bond acceptors (Lipinski definition) is 2.